The summed E-state index contributed by atoms with van der Waals surface area (Å²) in [4.78, 5) is 2.73. The lowest BCUT2D eigenvalue weighted by atomic mass is 9.84. The van der Waals surface area contributed by atoms with E-state index in [0.29, 0.717) is 5.54 Å². The zero-order valence-corrected chi connectivity index (χ0v) is 14.9. The van der Waals surface area contributed by atoms with Gasteiger partial charge in [0, 0.05) is 35.2 Å². The first kappa shape index (κ1) is 15.5. The molecule has 1 saturated heterocycles. The molecule has 1 aliphatic carbocycles. The zero-order chi connectivity index (χ0) is 14.9. The molecule has 3 heteroatoms. The molecule has 0 bridgehead atoms. The van der Waals surface area contributed by atoms with E-state index in [4.69, 9.17) is 0 Å². The second kappa shape index (κ2) is 6.02. The van der Waals surface area contributed by atoms with E-state index in [1.165, 1.54) is 44.2 Å². The van der Waals surface area contributed by atoms with Crippen molar-refractivity contribution in [2.24, 2.45) is 0 Å². The molecule has 0 aromatic heterocycles. The van der Waals surface area contributed by atoms with Gasteiger partial charge in [-0.2, -0.15) is 0 Å². The van der Waals surface area contributed by atoms with Crippen LogP contribution in [0.2, 0.25) is 0 Å². The smallest absolute Gasteiger partial charge is 0.0309 e. The molecule has 0 radical (unpaired) electrons. The van der Waals surface area contributed by atoms with E-state index >= 15 is 0 Å². The van der Waals surface area contributed by atoms with Crippen LogP contribution in [-0.2, 0) is 6.54 Å². The molecule has 1 aromatic rings. The highest BCUT2D eigenvalue weighted by Crippen LogP contribution is 2.37. The van der Waals surface area contributed by atoms with Gasteiger partial charge in [0.2, 0.25) is 0 Å². The summed E-state index contributed by atoms with van der Waals surface area (Å²) in [6, 6.07) is 8.82. The maximum atomic E-state index is 3.91. The Morgan fingerprint density at radius 2 is 1.86 bits per heavy atom. The van der Waals surface area contributed by atoms with Crippen LogP contribution >= 0.6 is 15.9 Å². The van der Waals surface area contributed by atoms with Crippen molar-refractivity contribution in [3.8, 4) is 0 Å². The fourth-order valence-corrected chi connectivity index (χ4v) is 4.16. The van der Waals surface area contributed by atoms with Crippen LogP contribution in [0.4, 0.5) is 0 Å². The van der Waals surface area contributed by atoms with Gasteiger partial charge in [0.05, 0.1) is 0 Å². The second-order valence-corrected chi connectivity index (χ2v) is 8.09. The molecule has 1 heterocycles. The monoisotopic (exact) mass is 350 g/mol. The largest absolute Gasteiger partial charge is 0.308 e. The SMILES string of the molecule is CCC1(C)CNC2(CCCC2)CN1Cc1ccc(Br)cc1. The van der Waals surface area contributed by atoms with Gasteiger partial charge in [-0.25, -0.2) is 0 Å². The van der Waals surface area contributed by atoms with E-state index in [1.807, 2.05) is 0 Å². The number of hydrogen-bond donors (Lipinski definition) is 1. The number of piperazine rings is 1. The van der Waals surface area contributed by atoms with Crippen LogP contribution in [0, 0.1) is 0 Å². The van der Waals surface area contributed by atoms with Crippen molar-refractivity contribution in [2.75, 3.05) is 13.1 Å². The first-order chi connectivity index (χ1) is 10.1. The first-order valence-electron chi connectivity index (χ1n) is 8.30. The van der Waals surface area contributed by atoms with Crippen LogP contribution in [0.15, 0.2) is 28.7 Å². The van der Waals surface area contributed by atoms with Gasteiger partial charge in [0.15, 0.2) is 0 Å². The van der Waals surface area contributed by atoms with Crippen molar-refractivity contribution in [1.29, 1.82) is 0 Å². The lowest BCUT2D eigenvalue weighted by Gasteiger charge is -2.52. The van der Waals surface area contributed by atoms with Gasteiger partial charge in [-0.15, -0.1) is 0 Å². The molecule has 1 saturated carbocycles. The predicted molar refractivity (Wildman–Crippen MR) is 92.4 cm³/mol. The Balaban J connectivity index is 1.79. The van der Waals surface area contributed by atoms with Crippen molar-refractivity contribution in [3.63, 3.8) is 0 Å². The summed E-state index contributed by atoms with van der Waals surface area (Å²) in [7, 11) is 0. The van der Waals surface area contributed by atoms with Crippen LogP contribution in [-0.4, -0.2) is 29.1 Å². The fraction of sp³-hybridized carbons (Fsp3) is 0.667. The summed E-state index contributed by atoms with van der Waals surface area (Å²) in [5.41, 5.74) is 2.10. The molecular formula is C18H27BrN2. The number of hydrogen-bond acceptors (Lipinski definition) is 2. The highest BCUT2D eigenvalue weighted by molar-refractivity contribution is 9.10. The van der Waals surface area contributed by atoms with Crippen LogP contribution in [0.5, 0.6) is 0 Å². The topological polar surface area (TPSA) is 15.3 Å². The van der Waals surface area contributed by atoms with Crippen molar-refractivity contribution >= 4 is 15.9 Å². The second-order valence-electron chi connectivity index (χ2n) is 7.17. The minimum atomic E-state index is 0.279. The minimum Gasteiger partial charge on any atom is -0.308 e. The highest BCUT2D eigenvalue weighted by Gasteiger charge is 2.45. The first-order valence-corrected chi connectivity index (χ1v) is 9.09. The summed E-state index contributed by atoms with van der Waals surface area (Å²) in [6.07, 6.45) is 6.68. The number of nitrogens with one attached hydrogen (secondary N) is 1. The maximum absolute atomic E-state index is 3.91. The lowest BCUT2D eigenvalue weighted by molar-refractivity contribution is 0.00779. The van der Waals surface area contributed by atoms with Gasteiger partial charge in [0.1, 0.15) is 0 Å². The Kier molecular flexibility index (Phi) is 4.45. The van der Waals surface area contributed by atoms with Crippen LogP contribution in [0.3, 0.4) is 0 Å². The molecule has 2 fully saturated rings. The molecule has 116 valence electrons. The average molecular weight is 351 g/mol. The normalized spacial score (nSPS) is 29.1. The van der Waals surface area contributed by atoms with E-state index in [-0.39, 0.29) is 5.54 Å². The summed E-state index contributed by atoms with van der Waals surface area (Å²) in [5.74, 6) is 0. The van der Waals surface area contributed by atoms with Crippen LogP contribution < -0.4 is 5.32 Å². The van der Waals surface area contributed by atoms with Crippen molar-refractivity contribution in [3.05, 3.63) is 34.3 Å². The van der Waals surface area contributed by atoms with Gasteiger partial charge in [0.25, 0.3) is 0 Å². The van der Waals surface area contributed by atoms with E-state index in [2.05, 4.69) is 64.3 Å². The van der Waals surface area contributed by atoms with Gasteiger partial charge in [-0.1, -0.05) is 47.8 Å². The van der Waals surface area contributed by atoms with Crippen molar-refractivity contribution < 1.29 is 0 Å². The van der Waals surface area contributed by atoms with Gasteiger partial charge in [-0.3, -0.25) is 4.90 Å². The highest BCUT2D eigenvalue weighted by atomic mass is 79.9. The Hall–Kier alpha value is -0.380. The molecule has 21 heavy (non-hydrogen) atoms. The number of benzene rings is 1. The number of nitrogens with zero attached hydrogens (tertiary/aromatic N) is 1. The molecule has 1 unspecified atom stereocenters. The molecule has 2 nitrogen and oxygen atoms in total. The third kappa shape index (κ3) is 3.20. The number of halogens is 1. The molecule has 1 atom stereocenters. The molecular weight excluding hydrogens is 324 g/mol. The predicted octanol–water partition coefficient (Wildman–Crippen LogP) is 4.34. The summed E-state index contributed by atoms with van der Waals surface area (Å²) in [5, 5.41) is 3.91. The van der Waals surface area contributed by atoms with E-state index < -0.39 is 0 Å². The third-order valence-corrected chi connectivity index (χ3v) is 6.24. The van der Waals surface area contributed by atoms with E-state index in [1.54, 1.807) is 0 Å². The molecule has 1 aromatic carbocycles. The van der Waals surface area contributed by atoms with Gasteiger partial charge >= 0.3 is 0 Å². The Labute approximate surface area is 137 Å². The summed E-state index contributed by atoms with van der Waals surface area (Å²) >= 11 is 3.53. The quantitative estimate of drug-likeness (QED) is 0.872. The molecule has 0 amide bonds. The Bertz CT molecular complexity index is 478. The van der Waals surface area contributed by atoms with Gasteiger partial charge < -0.3 is 5.32 Å². The van der Waals surface area contributed by atoms with E-state index in [9.17, 15) is 0 Å². The zero-order valence-electron chi connectivity index (χ0n) is 13.3. The van der Waals surface area contributed by atoms with Crippen molar-refractivity contribution in [1.82, 2.24) is 10.2 Å². The van der Waals surface area contributed by atoms with Crippen LogP contribution in [0.25, 0.3) is 0 Å². The summed E-state index contributed by atoms with van der Waals surface area (Å²) in [6.45, 7) is 8.14. The molecule has 3 rings (SSSR count). The average Bonchev–Trinajstić information content (AvgIpc) is 2.94. The standard InChI is InChI=1S/C18H27BrN2/c1-3-17(2)13-20-18(10-4-5-11-18)14-21(17)12-15-6-8-16(19)9-7-15/h6-9,20H,3-5,10-14H2,1-2H3. The van der Waals surface area contributed by atoms with Crippen LogP contribution in [0.1, 0.15) is 51.5 Å². The molecule has 1 spiro atoms. The molecule has 1 aliphatic heterocycles. The van der Waals surface area contributed by atoms with E-state index in [0.717, 1.165) is 17.6 Å². The lowest BCUT2D eigenvalue weighted by Crippen LogP contribution is -2.67. The van der Waals surface area contributed by atoms with Gasteiger partial charge in [-0.05, 0) is 43.9 Å². The maximum Gasteiger partial charge on any atom is 0.0309 e. The number of rotatable bonds is 3. The Morgan fingerprint density at radius 1 is 1.19 bits per heavy atom. The molecule has 2 aliphatic rings. The van der Waals surface area contributed by atoms with Crippen molar-refractivity contribution in [2.45, 2.75) is 63.6 Å². The summed E-state index contributed by atoms with van der Waals surface area (Å²) < 4.78 is 1.16. The minimum absolute atomic E-state index is 0.279. The Morgan fingerprint density at radius 3 is 2.48 bits per heavy atom. The third-order valence-electron chi connectivity index (χ3n) is 5.71. The molecule has 1 N–H and O–H groups in total. The fourth-order valence-electron chi connectivity index (χ4n) is 3.89.